The van der Waals surface area contributed by atoms with Gasteiger partial charge in [0.2, 0.25) is 0 Å². The van der Waals surface area contributed by atoms with Gasteiger partial charge in [-0.1, -0.05) is 36.4 Å². The minimum Gasteiger partial charge on any atom is -0.338 e. The third-order valence-electron chi connectivity index (χ3n) is 5.24. The first-order chi connectivity index (χ1) is 13.4. The molecule has 2 heterocycles. The number of nitrogens with zero attached hydrogens (tertiary/aromatic N) is 2. The molecule has 1 fully saturated rings. The third-order valence-corrected chi connectivity index (χ3v) is 5.24. The Morgan fingerprint density at radius 3 is 2.54 bits per heavy atom. The van der Waals surface area contributed by atoms with Crippen LogP contribution in [0, 0.1) is 0 Å². The monoisotopic (exact) mass is 384 g/mol. The molecule has 0 aliphatic carbocycles. The number of carbonyl (C=O) groups excluding carboxylic acids is 1. The van der Waals surface area contributed by atoms with Gasteiger partial charge in [-0.05, 0) is 36.4 Å². The van der Waals surface area contributed by atoms with Gasteiger partial charge in [0, 0.05) is 36.3 Å². The minimum atomic E-state index is -4.55. The average molecular weight is 384 g/mol. The summed E-state index contributed by atoms with van der Waals surface area (Å²) in [4.78, 5) is 18.9. The van der Waals surface area contributed by atoms with Crippen LogP contribution in [0.5, 0.6) is 0 Å². The highest BCUT2D eigenvalue weighted by Gasteiger charge is 2.36. The summed E-state index contributed by atoms with van der Waals surface area (Å²) in [5.74, 6) is -0.557. The number of halogens is 3. The van der Waals surface area contributed by atoms with Gasteiger partial charge in [-0.2, -0.15) is 13.2 Å². The van der Waals surface area contributed by atoms with Gasteiger partial charge in [-0.3, -0.25) is 9.78 Å². The van der Waals surface area contributed by atoms with E-state index in [1.54, 1.807) is 0 Å². The Hall–Kier alpha value is -2.89. The van der Waals surface area contributed by atoms with E-state index in [1.807, 2.05) is 36.5 Å². The summed E-state index contributed by atoms with van der Waals surface area (Å²) in [7, 11) is 0. The van der Waals surface area contributed by atoms with Gasteiger partial charge in [-0.15, -0.1) is 0 Å². The van der Waals surface area contributed by atoms with Crippen molar-refractivity contribution in [3.05, 3.63) is 77.6 Å². The number of carbonyl (C=O) groups is 1. The van der Waals surface area contributed by atoms with Crippen molar-refractivity contribution < 1.29 is 18.0 Å². The van der Waals surface area contributed by atoms with Gasteiger partial charge in [0.15, 0.2) is 0 Å². The van der Waals surface area contributed by atoms with E-state index in [2.05, 4.69) is 4.98 Å². The number of likely N-dealkylation sites (tertiary alicyclic amines) is 1. The summed E-state index contributed by atoms with van der Waals surface area (Å²) in [5.41, 5.74) is -0.298. The number of alkyl halides is 3. The van der Waals surface area contributed by atoms with Crippen molar-refractivity contribution in [1.29, 1.82) is 0 Å². The second-order valence-electron chi connectivity index (χ2n) is 7.09. The van der Waals surface area contributed by atoms with Crippen LogP contribution in [0.15, 0.2) is 60.8 Å². The molecule has 4 rings (SSSR count). The molecule has 1 aliphatic rings. The highest BCUT2D eigenvalue weighted by atomic mass is 19.4. The number of amides is 1. The second kappa shape index (κ2) is 7.26. The Balaban J connectivity index is 1.59. The summed E-state index contributed by atoms with van der Waals surface area (Å²) in [5, 5.41) is 2.10. The molecule has 0 radical (unpaired) electrons. The molecule has 1 saturated heterocycles. The van der Waals surface area contributed by atoms with E-state index in [0.717, 1.165) is 35.4 Å². The van der Waals surface area contributed by atoms with E-state index in [4.69, 9.17) is 0 Å². The first-order valence-electron chi connectivity index (χ1n) is 9.23. The van der Waals surface area contributed by atoms with E-state index < -0.39 is 17.6 Å². The molecule has 2 aromatic carbocycles. The second-order valence-corrected chi connectivity index (χ2v) is 7.09. The van der Waals surface area contributed by atoms with Crippen molar-refractivity contribution in [3.8, 4) is 0 Å². The summed E-state index contributed by atoms with van der Waals surface area (Å²) < 4.78 is 39.9. The highest BCUT2D eigenvalue weighted by Crippen LogP contribution is 2.34. The lowest BCUT2D eigenvalue weighted by Gasteiger charge is -2.33. The van der Waals surface area contributed by atoms with Crippen LogP contribution < -0.4 is 0 Å². The van der Waals surface area contributed by atoms with Crippen molar-refractivity contribution >= 4 is 16.7 Å². The smallest absolute Gasteiger partial charge is 0.338 e. The molecule has 3 aromatic rings. The van der Waals surface area contributed by atoms with Crippen molar-refractivity contribution in [3.63, 3.8) is 0 Å². The molecule has 3 nitrogen and oxygen atoms in total. The van der Waals surface area contributed by atoms with Crippen LogP contribution in [0.4, 0.5) is 13.2 Å². The summed E-state index contributed by atoms with van der Waals surface area (Å²) in [6, 6.07) is 14.9. The summed E-state index contributed by atoms with van der Waals surface area (Å²) in [6.07, 6.45) is -1.15. The SMILES string of the molecule is O=C(c1ccccc1C(F)(F)F)N1CCCC(c2cc3ccccc3cn2)C1. The van der Waals surface area contributed by atoms with E-state index in [9.17, 15) is 18.0 Å². The van der Waals surface area contributed by atoms with Crippen LogP contribution in [0.1, 0.15) is 40.4 Å². The third kappa shape index (κ3) is 3.59. The Labute approximate surface area is 160 Å². The fourth-order valence-electron chi connectivity index (χ4n) is 3.81. The fourth-order valence-corrected chi connectivity index (χ4v) is 3.81. The lowest BCUT2D eigenvalue weighted by Crippen LogP contribution is -2.40. The van der Waals surface area contributed by atoms with Crippen LogP contribution in [-0.4, -0.2) is 28.9 Å². The maximum atomic E-state index is 13.3. The van der Waals surface area contributed by atoms with Gasteiger partial charge in [-0.25, -0.2) is 0 Å². The molecule has 0 spiro atoms. The van der Waals surface area contributed by atoms with E-state index in [0.29, 0.717) is 13.1 Å². The van der Waals surface area contributed by atoms with E-state index in [-0.39, 0.29) is 11.5 Å². The predicted molar refractivity (Wildman–Crippen MR) is 101 cm³/mol. The summed E-state index contributed by atoms with van der Waals surface area (Å²) >= 11 is 0. The molecular formula is C22H19F3N2O. The molecule has 1 aromatic heterocycles. The molecule has 1 aliphatic heterocycles. The predicted octanol–water partition coefficient (Wildman–Crippen LogP) is 5.27. The van der Waals surface area contributed by atoms with Crippen molar-refractivity contribution in [1.82, 2.24) is 9.88 Å². The first kappa shape index (κ1) is 18.5. The normalized spacial score (nSPS) is 17.7. The zero-order valence-corrected chi connectivity index (χ0v) is 15.1. The quantitative estimate of drug-likeness (QED) is 0.603. The van der Waals surface area contributed by atoms with E-state index >= 15 is 0 Å². The number of hydrogen-bond donors (Lipinski definition) is 0. The maximum Gasteiger partial charge on any atom is 0.417 e. The molecule has 0 saturated carbocycles. The number of fused-ring (bicyclic) bond motifs is 1. The number of piperidine rings is 1. The van der Waals surface area contributed by atoms with Gasteiger partial charge in [0.05, 0.1) is 11.1 Å². The Bertz CT molecular complexity index is 1020. The molecule has 0 N–H and O–H groups in total. The zero-order valence-electron chi connectivity index (χ0n) is 15.1. The van der Waals surface area contributed by atoms with Crippen LogP contribution in [0.25, 0.3) is 10.8 Å². The number of hydrogen-bond acceptors (Lipinski definition) is 2. The molecule has 144 valence electrons. The van der Waals surface area contributed by atoms with Crippen molar-refractivity contribution in [2.75, 3.05) is 13.1 Å². The van der Waals surface area contributed by atoms with Gasteiger partial charge in [0.1, 0.15) is 0 Å². The van der Waals surface area contributed by atoms with E-state index in [1.165, 1.54) is 23.1 Å². The van der Waals surface area contributed by atoms with Crippen LogP contribution in [-0.2, 0) is 6.18 Å². The largest absolute Gasteiger partial charge is 0.417 e. The lowest BCUT2D eigenvalue weighted by atomic mass is 9.92. The molecule has 1 amide bonds. The molecule has 6 heteroatoms. The Kier molecular flexibility index (Phi) is 4.79. The maximum absolute atomic E-state index is 13.3. The minimum absolute atomic E-state index is 0.0142. The number of aromatic nitrogens is 1. The highest BCUT2D eigenvalue weighted by molar-refractivity contribution is 5.96. The first-order valence-corrected chi connectivity index (χ1v) is 9.23. The number of benzene rings is 2. The number of pyridine rings is 1. The fraction of sp³-hybridized carbons (Fsp3) is 0.273. The molecule has 0 bridgehead atoms. The van der Waals surface area contributed by atoms with Crippen LogP contribution in [0.2, 0.25) is 0 Å². The molecule has 1 atom stereocenters. The van der Waals surface area contributed by atoms with Gasteiger partial charge in [0.25, 0.3) is 5.91 Å². The van der Waals surface area contributed by atoms with Crippen molar-refractivity contribution in [2.45, 2.75) is 24.9 Å². The zero-order chi connectivity index (χ0) is 19.7. The standard InChI is InChI=1S/C22H19F3N2O/c23-22(24,25)19-10-4-3-9-18(19)21(28)27-11-5-8-17(14-27)20-12-15-6-1-2-7-16(15)13-26-20/h1-4,6-7,9-10,12-13,17H,5,8,11,14H2. The topological polar surface area (TPSA) is 33.2 Å². The lowest BCUT2D eigenvalue weighted by molar-refractivity contribution is -0.138. The Morgan fingerprint density at radius 1 is 1.04 bits per heavy atom. The molecule has 28 heavy (non-hydrogen) atoms. The molecule has 1 unspecified atom stereocenters. The number of rotatable bonds is 2. The summed E-state index contributed by atoms with van der Waals surface area (Å²) in [6.45, 7) is 0.825. The van der Waals surface area contributed by atoms with Crippen LogP contribution in [0.3, 0.4) is 0 Å². The van der Waals surface area contributed by atoms with Crippen LogP contribution >= 0.6 is 0 Å². The van der Waals surface area contributed by atoms with Crippen molar-refractivity contribution in [2.24, 2.45) is 0 Å². The Morgan fingerprint density at radius 2 is 1.75 bits per heavy atom. The average Bonchev–Trinajstić information content (AvgIpc) is 2.72. The van der Waals surface area contributed by atoms with Gasteiger partial charge < -0.3 is 4.90 Å². The molecular weight excluding hydrogens is 365 g/mol. The van der Waals surface area contributed by atoms with Gasteiger partial charge >= 0.3 is 6.18 Å².